The lowest BCUT2D eigenvalue weighted by atomic mass is 10.1. The molecule has 1 heteroatoms. The van der Waals surface area contributed by atoms with E-state index in [-0.39, 0.29) is 0 Å². The predicted octanol–water partition coefficient (Wildman–Crippen LogP) is 7.06. The van der Waals surface area contributed by atoms with Crippen molar-refractivity contribution in [2.24, 2.45) is 0 Å². The van der Waals surface area contributed by atoms with Gasteiger partial charge < -0.3 is 4.90 Å². The Balaban J connectivity index is 1.78. The van der Waals surface area contributed by atoms with E-state index < -0.39 is 0 Å². The Morgan fingerprint density at radius 2 is 1.37 bits per heavy atom. The van der Waals surface area contributed by atoms with Gasteiger partial charge in [0.15, 0.2) is 0 Å². The maximum Gasteiger partial charge on any atom is 0.0973 e. The molecule has 5 aromatic carbocycles. The van der Waals surface area contributed by atoms with Crippen LogP contribution in [0.15, 0.2) is 103 Å². The van der Waals surface area contributed by atoms with E-state index in [1.54, 1.807) is 0 Å². The Kier molecular flexibility index (Phi) is 3.74. The summed E-state index contributed by atoms with van der Waals surface area (Å²) in [5.41, 5.74) is 3.23. The third-order valence-corrected chi connectivity index (χ3v) is 4.87. The van der Waals surface area contributed by atoms with E-state index in [1.165, 1.54) is 21.5 Å². The first kappa shape index (κ1) is 15.5. The highest BCUT2D eigenvalue weighted by Gasteiger charge is 2.15. The van der Waals surface area contributed by atoms with Crippen LogP contribution in [-0.4, -0.2) is 0 Å². The van der Waals surface area contributed by atoms with Crippen LogP contribution in [0, 0.1) is 12.1 Å². The molecule has 0 aliphatic carbocycles. The van der Waals surface area contributed by atoms with Crippen molar-refractivity contribution in [1.29, 1.82) is 0 Å². The highest BCUT2D eigenvalue weighted by Crippen LogP contribution is 2.38. The summed E-state index contributed by atoms with van der Waals surface area (Å²) in [5.74, 6) is 0. The van der Waals surface area contributed by atoms with Gasteiger partial charge in [-0.15, -0.1) is 0 Å². The minimum Gasteiger partial charge on any atom is -0.303 e. The molecule has 0 N–H and O–H groups in total. The molecule has 0 spiro atoms. The van der Waals surface area contributed by atoms with E-state index >= 15 is 0 Å². The third kappa shape index (κ3) is 2.78. The fourth-order valence-electron chi connectivity index (χ4n) is 3.60. The number of nitrogens with zero attached hydrogens (tertiary/aromatic N) is 1. The first-order chi connectivity index (χ1) is 13.4. The van der Waals surface area contributed by atoms with E-state index in [0.29, 0.717) is 0 Å². The van der Waals surface area contributed by atoms with Gasteiger partial charge in [0, 0.05) is 11.1 Å². The second-order valence-corrected chi connectivity index (χ2v) is 6.55. The summed E-state index contributed by atoms with van der Waals surface area (Å²) in [6, 6.07) is 42.3. The van der Waals surface area contributed by atoms with Crippen molar-refractivity contribution in [2.75, 3.05) is 4.90 Å². The molecule has 126 valence electrons. The molecule has 1 nitrogen and oxygen atoms in total. The average molecular weight is 343 g/mol. The molecule has 5 rings (SSSR count). The summed E-state index contributed by atoms with van der Waals surface area (Å²) in [4.78, 5) is 2.26. The van der Waals surface area contributed by atoms with Crippen molar-refractivity contribution < 1.29 is 0 Å². The standard InChI is InChI=1S/C26H17N/c1-2-13-23(14-3-1)27(24-18-17-20-9-4-5-11-22(20)19-24)26-16-8-12-21-10-6-7-15-25(21)26/h1-2,4-13,15-19H. The second kappa shape index (κ2) is 6.52. The highest BCUT2D eigenvalue weighted by molar-refractivity contribution is 5.99. The molecule has 0 amide bonds. The number of fused-ring (bicyclic) bond motifs is 2. The molecule has 0 radical (unpaired) electrons. The normalized spacial score (nSPS) is 10.7. The molecule has 5 aromatic rings. The van der Waals surface area contributed by atoms with Crippen molar-refractivity contribution in [3.8, 4) is 0 Å². The van der Waals surface area contributed by atoms with Gasteiger partial charge in [0.25, 0.3) is 0 Å². The topological polar surface area (TPSA) is 3.24 Å². The van der Waals surface area contributed by atoms with E-state index in [2.05, 4.69) is 108 Å². The summed E-state index contributed by atoms with van der Waals surface area (Å²) in [6.45, 7) is 0. The van der Waals surface area contributed by atoms with Crippen LogP contribution < -0.4 is 4.90 Å². The SMILES string of the molecule is c1cccc(N(c2ccc3ccccc3c2)c2cccc3ccccc23)c#1. The van der Waals surface area contributed by atoms with Crippen LogP contribution in [-0.2, 0) is 0 Å². The molecule has 0 atom stereocenters. The molecular formula is C26H17N. The van der Waals surface area contributed by atoms with Gasteiger partial charge in [0.1, 0.15) is 0 Å². The molecule has 0 aliphatic rings. The largest absolute Gasteiger partial charge is 0.303 e. The maximum atomic E-state index is 3.28. The zero-order chi connectivity index (χ0) is 18.1. The molecule has 0 fully saturated rings. The maximum absolute atomic E-state index is 3.28. The van der Waals surface area contributed by atoms with Gasteiger partial charge in [-0.25, -0.2) is 0 Å². The fraction of sp³-hybridized carbons (Fsp3) is 0. The smallest absolute Gasteiger partial charge is 0.0973 e. The van der Waals surface area contributed by atoms with Crippen LogP contribution >= 0.6 is 0 Å². The zero-order valence-corrected chi connectivity index (χ0v) is 14.8. The van der Waals surface area contributed by atoms with Gasteiger partial charge in [0.05, 0.1) is 11.4 Å². The Labute approximate surface area is 159 Å². The van der Waals surface area contributed by atoms with Gasteiger partial charge >= 0.3 is 0 Å². The van der Waals surface area contributed by atoms with Crippen molar-refractivity contribution in [1.82, 2.24) is 0 Å². The minimum atomic E-state index is 0.976. The highest BCUT2D eigenvalue weighted by atomic mass is 15.1. The lowest BCUT2D eigenvalue weighted by Gasteiger charge is -2.25. The van der Waals surface area contributed by atoms with E-state index in [9.17, 15) is 0 Å². The molecule has 0 bridgehead atoms. The Bertz CT molecular complexity index is 1220. The molecular weight excluding hydrogens is 326 g/mol. The quantitative estimate of drug-likeness (QED) is 0.339. The first-order valence-corrected chi connectivity index (χ1v) is 9.05. The molecule has 0 aliphatic heterocycles. The fourth-order valence-corrected chi connectivity index (χ4v) is 3.60. The molecule has 0 saturated heterocycles. The molecule has 27 heavy (non-hydrogen) atoms. The second-order valence-electron chi connectivity index (χ2n) is 6.55. The first-order valence-electron chi connectivity index (χ1n) is 9.05. The van der Waals surface area contributed by atoms with Crippen LogP contribution in [0.3, 0.4) is 0 Å². The summed E-state index contributed by atoms with van der Waals surface area (Å²) in [7, 11) is 0. The van der Waals surface area contributed by atoms with Crippen molar-refractivity contribution in [2.45, 2.75) is 0 Å². The van der Waals surface area contributed by atoms with Crippen LogP contribution in [0.4, 0.5) is 17.1 Å². The van der Waals surface area contributed by atoms with E-state index in [1.807, 2.05) is 12.1 Å². The van der Waals surface area contributed by atoms with E-state index in [0.717, 1.165) is 17.1 Å². The van der Waals surface area contributed by atoms with Crippen LogP contribution in [0.1, 0.15) is 0 Å². The third-order valence-electron chi connectivity index (χ3n) is 4.87. The van der Waals surface area contributed by atoms with Crippen LogP contribution in [0.5, 0.6) is 0 Å². The van der Waals surface area contributed by atoms with Crippen LogP contribution in [0.25, 0.3) is 21.5 Å². The monoisotopic (exact) mass is 343 g/mol. The van der Waals surface area contributed by atoms with Gasteiger partial charge in [-0.2, -0.15) is 0 Å². The Morgan fingerprint density at radius 1 is 0.593 bits per heavy atom. The van der Waals surface area contributed by atoms with E-state index in [4.69, 9.17) is 0 Å². The molecule has 0 heterocycles. The van der Waals surface area contributed by atoms with Gasteiger partial charge in [-0.1, -0.05) is 78.9 Å². The van der Waals surface area contributed by atoms with Crippen molar-refractivity contribution in [3.63, 3.8) is 0 Å². The summed E-state index contributed by atoms with van der Waals surface area (Å²) >= 11 is 0. The summed E-state index contributed by atoms with van der Waals surface area (Å²) in [6.07, 6.45) is 0. The summed E-state index contributed by atoms with van der Waals surface area (Å²) < 4.78 is 0. The Morgan fingerprint density at radius 3 is 2.22 bits per heavy atom. The number of anilines is 3. The average Bonchev–Trinajstić information content (AvgIpc) is 2.75. The van der Waals surface area contributed by atoms with Gasteiger partial charge in [0.2, 0.25) is 0 Å². The van der Waals surface area contributed by atoms with Crippen molar-refractivity contribution >= 4 is 38.6 Å². The predicted molar refractivity (Wildman–Crippen MR) is 114 cm³/mol. The van der Waals surface area contributed by atoms with Gasteiger partial charge in [-0.05, 0) is 52.6 Å². The number of benzene rings is 4. The minimum absolute atomic E-state index is 0.976. The molecule has 0 saturated carbocycles. The number of hydrogen-bond donors (Lipinski definition) is 0. The Hall–Kier alpha value is -3.76. The van der Waals surface area contributed by atoms with Gasteiger partial charge in [-0.3, -0.25) is 0 Å². The number of rotatable bonds is 3. The lowest BCUT2D eigenvalue weighted by molar-refractivity contribution is 1.31. The zero-order valence-electron chi connectivity index (χ0n) is 14.8. The summed E-state index contributed by atoms with van der Waals surface area (Å²) in [5, 5.41) is 4.90. The molecule has 0 unspecified atom stereocenters. The lowest BCUT2D eigenvalue weighted by Crippen LogP contribution is -2.10. The van der Waals surface area contributed by atoms with Crippen LogP contribution in [0.2, 0.25) is 0 Å². The molecule has 0 aromatic heterocycles. The number of hydrogen-bond acceptors (Lipinski definition) is 1. The van der Waals surface area contributed by atoms with Crippen molar-refractivity contribution in [3.05, 3.63) is 115 Å².